The molecule has 3 aromatic rings. The molecule has 0 spiro atoms. The van der Waals surface area contributed by atoms with Crippen LogP contribution in [0.1, 0.15) is 18.9 Å². The molecule has 0 fully saturated rings. The first-order valence-electron chi connectivity index (χ1n) is 9.47. The average molecular weight is 390 g/mol. The number of hydrogen-bond donors (Lipinski definition) is 0. The van der Waals surface area contributed by atoms with Crippen LogP contribution in [0.4, 0.5) is 15.8 Å². The van der Waals surface area contributed by atoms with Crippen LogP contribution in [0.15, 0.2) is 84.9 Å². The van der Waals surface area contributed by atoms with Gasteiger partial charge in [0.2, 0.25) is 11.8 Å². The van der Waals surface area contributed by atoms with Crippen molar-refractivity contribution in [3.63, 3.8) is 0 Å². The molecule has 0 aliphatic carbocycles. The zero-order valence-corrected chi connectivity index (χ0v) is 16.3. The molecule has 0 bridgehead atoms. The lowest BCUT2D eigenvalue weighted by Crippen LogP contribution is -2.36. The van der Waals surface area contributed by atoms with Gasteiger partial charge in [0, 0.05) is 31.3 Å². The van der Waals surface area contributed by atoms with Gasteiger partial charge in [0.05, 0.1) is 6.54 Å². The first-order chi connectivity index (χ1) is 14.0. The molecular formula is C24H23FN2O2. The fourth-order valence-electron chi connectivity index (χ4n) is 3.13. The van der Waals surface area contributed by atoms with Crippen LogP contribution in [0.25, 0.3) is 0 Å². The van der Waals surface area contributed by atoms with Crippen LogP contribution in [0, 0.1) is 5.82 Å². The molecular weight excluding hydrogens is 367 g/mol. The molecule has 2 amide bonds. The Hall–Kier alpha value is -3.47. The number of hydrogen-bond acceptors (Lipinski definition) is 2. The number of amides is 2. The fourth-order valence-corrected chi connectivity index (χ4v) is 3.13. The van der Waals surface area contributed by atoms with E-state index in [1.165, 1.54) is 24.0 Å². The van der Waals surface area contributed by atoms with Gasteiger partial charge in [-0.25, -0.2) is 4.39 Å². The molecule has 5 heteroatoms. The van der Waals surface area contributed by atoms with Crippen molar-refractivity contribution in [1.82, 2.24) is 0 Å². The summed E-state index contributed by atoms with van der Waals surface area (Å²) in [7, 11) is 0. The normalized spacial score (nSPS) is 10.4. The topological polar surface area (TPSA) is 40.6 Å². The van der Waals surface area contributed by atoms with Gasteiger partial charge in [-0.2, -0.15) is 0 Å². The number of anilines is 2. The molecule has 0 atom stereocenters. The van der Waals surface area contributed by atoms with Gasteiger partial charge in [-0.1, -0.05) is 48.5 Å². The third-order valence-electron chi connectivity index (χ3n) is 4.62. The van der Waals surface area contributed by atoms with Crippen molar-refractivity contribution >= 4 is 23.2 Å². The third-order valence-corrected chi connectivity index (χ3v) is 4.62. The minimum atomic E-state index is -0.369. The Labute approximate surface area is 170 Å². The maximum atomic E-state index is 13.2. The van der Waals surface area contributed by atoms with Crippen molar-refractivity contribution in [3.8, 4) is 0 Å². The molecule has 3 rings (SSSR count). The minimum absolute atomic E-state index is 0.0894. The van der Waals surface area contributed by atoms with Crippen molar-refractivity contribution in [1.29, 1.82) is 0 Å². The van der Waals surface area contributed by atoms with Crippen molar-refractivity contribution in [2.45, 2.75) is 19.9 Å². The van der Waals surface area contributed by atoms with Gasteiger partial charge in [-0.3, -0.25) is 9.59 Å². The van der Waals surface area contributed by atoms with Crippen LogP contribution in [-0.2, 0) is 16.1 Å². The van der Waals surface area contributed by atoms with Gasteiger partial charge in [0.25, 0.3) is 0 Å². The maximum Gasteiger partial charge on any atom is 0.229 e. The molecule has 4 nitrogen and oxygen atoms in total. The second-order valence-electron chi connectivity index (χ2n) is 6.70. The van der Waals surface area contributed by atoms with Crippen molar-refractivity contribution in [2.24, 2.45) is 0 Å². The van der Waals surface area contributed by atoms with Gasteiger partial charge >= 0.3 is 0 Å². The summed E-state index contributed by atoms with van der Waals surface area (Å²) in [4.78, 5) is 28.4. The Balaban J connectivity index is 1.76. The van der Waals surface area contributed by atoms with Gasteiger partial charge in [0.15, 0.2) is 0 Å². The zero-order valence-electron chi connectivity index (χ0n) is 16.3. The van der Waals surface area contributed by atoms with Gasteiger partial charge in [-0.05, 0) is 42.0 Å². The molecule has 3 aromatic carbocycles. The van der Waals surface area contributed by atoms with Crippen LogP contribution in [0.2, 0.25) is 0 Å². The maximum absolute atomic E-state index is 13.2. The lowest BCUT2D eigenvalue weighted by molar-refractivity contribution is -0.118. The van der Waals surface area contributed by atoms with Gasteiger partial charge in [0.1, 0.15) is 5.82 Å². The third kappa shape index (κ3) is 5.51. The number of carbonyl (C=O) groups is 2. The number of carbonyl (C=O) groups excluding carboxylic acids is 2. The Morgan fingerprint density at radius 1 is 0.759 bits per heavy atom. The smallest absolute Gasteiger partial charge is 0.229 e. The second-order valence-corrected chi connectivity index (χ2v) is 6.70. The first-order valence-corrected chi connectivity index (χ1v) is 9.47. The number of nitrogens with zero attached hydrogens (tertiary/aromatic N) is 2. The van der Waals surface area contributed by atoms with Crippen LogP contribution < -0.4 is 9.80 Å². The highest BCUT2D eigenvalue weighted by atomic mass is 19.1. The van der Waals surface area contributed by atoms with Crippen molar-refractivity contribution in [2.75, 3.05) is 16.3 Å². The summed E-state index contributed by atoms with van der Waals surface area (Å²) in [6.45, 7) is 2.10. The molecule has 0 heterocycles. The standard InChI is InChI=1S/C24H23FN2O2/c1-19(28)26(23-14-12-21(25)13-15-23)17-16-24(29)27(22-10-6-3-7-11-22)18-20-8-4-2-5-9-20/h2-15H,16-18H2,1H3. The summed E-state index contributed by atoms with van der Waals surface area (Å²) < 4.78 is 13.2. The van der Waals surface area contributed by atoms with E-state index in [0.717, 1.165) is 11.3 Å². The zero-order chi connectivity index (χ0) is 20.6. The second kappa shape index (κ2) is 9.64. The van der Waals surface area contributed by atoms with E-state index in [1.54, 1.807) is 17.0 Å². The van der Waals surface area contributed by atoms with Crippen molar-refractivity contribution in [3.05, 3.63) is 96.3 Å². The van der Waals surface area contributed by atoms with Crippen LogP contribution in [0.5, 0.6) is 0 Å². The van der Waals surface area contributed by atoms with Crippen molar-refractivity contribution < 1.29 is 14.0 Å². The van der Waals surface area contributed by atoms with E-state index in [9.17, 15) is 14.0 Å². The molecule has 29 heavy (non-hydrogen) atoms. The highest BCUT2D eigenvalue weighted by Crippen LogP contribution is 2.20. The van der Waals surface area contributed by atoms with E-state index in [1.807, 2.05) is 60.7 Å². The van der Waals surface area contributed by atoms with E-state index in [-0.39, 0.29) is 30.6 Å². The average Bonchev–Trinajstić information content (AvgIpc) is 2.74. The Morgan fingerprint density at radius 2 is 1.31 bits per heavy atom. The summed E-state index contributed by atoms with van der Waals surface area (Å²) in [6, 6.07) is 24.9. The highest BCUT2D eigenvalue weighted by Gasteiger charge is 2.19. The summed E-state index contributed by atoms with van der Waals surface area (Å²) in [5.41, 5.74) is 2.39. The quantitative estimate of drug-likeness (QED) is 0.581. The summed E-state index contributed by atoms with van der Waals surface area (Å²) in [6.07, 6.45) is 0.151. The van der Waals surface area contributed by atoms with Gasteiger partial charge < -0.3 is 9.80 Å². The van der Waals surface area contributed by atoms with Crippen LogP contribution in [0.3, 0.4) is 0 Å². The molecule has 0 saturated heterocycles. The largest absolute Gasteiger partial charge is 0.312 e. The number of halogens is 1. The van der Waals surface area contributed by atoms with E-state index in [0.29, 0.717) is 12.2 Å². The minimum Gasteiger partial charge on any atom is -0.312 e. The SMILES string of the molecule is CC(=O)N(CCC(=O)N(Cc1ccccc1)c1ccccc1)c1ccc(F)cc1. The lowest BCUT2D eigenvalue weighted by Gasteiger charge is -2.26. The first kappa shape index (κ1) is 20.3. The molecule has 0 N–H and O–H groups in total. The summed E-state index contributed by atoms with van der Waals surface area (Å²) in [5, 5.41) is 0. The van der Waals surface area contributed by atoms with Crippen LogP contribution in [-0.4, -0.2) is 18.4 Å². The predicted octanol–water partition coefficient (Wildman–Crippen LogP) is 4.80. The monoisotopic (exact) mass is 390 g/mol. The molecule has 0 aliphatic rings. The molecule has 0 unspecified atom stereocenters. The number of rotatable bonds is 7. The fraction of sp³-hybridized carbons (Fsp3) is 0.167. The Kier molecular flexibility index (Phi) is 6.74. The molecule has 148 valence electrons. The highest BCUT2D eigenvalue weighted by molar-refractivity contribution is 5.96. The molecule has 0 aliphatic heterocycles. The van der Waals surface area contributed by atoms with E-state index in [2.05, 4.69) is 0 Å². The molecule has 0 saturated carbocycles. The summed E-state index contributed by atoms with van der Waals surface area (Å²) >= 11 is 0. The Morgan fingerprint density at radius 3 is 1.90 bits per heavy atom. The number of benzene rings is 3. The predicted molar refractivity (Wildman–Crippen MR) is 113 cm³/mol. The molecule has 0 aromatic heterocycles. The van der Waals surface area contributed by atoms with Gasteiger partial charge in [-0.15, -0.1) is 0 Å². The Bertz CT molecular complexity index is 944. The van der Waals surface area contributed by atoms with Crippen LogP contribution >= 0.6 is 0 Å². The lowest BCUT2D eigenvalue weighted by atomic mass is 10.1. The summed E-state index contributed by atoms with van der Waals surface area (Å²) in [5.74, 6) is -0.654. The molecule has 0 radical (unpaired) electrons. The van der Waals surface area contributed by atoms with E-state index >= 15 is 0 Å². The van der Waals surface area contributed by atoms with E-state index < -0.39 is 0 Å². The van der Waals surface area contributed by atoms with E-state index in [4.69, 9.17) is 0 Å². The number of para-hydroxylation sites is 1.